The maximum Gasteiger partial charge on any atom is 0.360 e. The van der Waals surface area contributed by atoms with E-state index in [1.54, 1.807) is 12.4 Å². The molecular formula is C10H12N2O2S. The van der Waals surface area contributed by atoms with Gasteiger partial charge in [0.05, 0.1) is 12.1 Å². The number of nitrogens with zero attached hydrogens (tertiary/aromatic N) is 1. The number of anilines is 1. The van der Waals surface area contributed by atoms with Gasteiger partial charge in [-0.05, 0) is 6.92 Å². The van der Waals surface area contributed by atoms with E-state index in [4.69, 9.17) is 11.2 Å². The fourth-order valence-electron chi connectivity index (χ4n) is 0.965. The lowest BCUT2D eigenvalue weighted by Crippen LogP contribution is -2.09. The Morgan fingerprint density at radius 2 is 2.60 bits per heavy atom. The average Bonchev–Trinajstić information content (AvgIpc) is 2.67. The summed E-state index contributed by atoms with van der Waals surface area (Å²) < 4.78 is 4.86. The van der Waals surface area contributed by atoms with Gasteiger partial charge in [-0.25, -0.2) is 9.78 Å². The summed E-state index contributed by atoms with van der Waals surface area (Å²) >= 11 is 1.36. The molecule has 0 radical (unpaired) electrons. The van der Waals surface area contributed by atoms with Crippen LogP contribution in [0.5, 0.6) is 0 Å². The number of carbonyl (C=O) groups excluding carboxylic acids is 1. The van der Waals surface area contributed by atoms with Crippen molar-refractivity contribution in [2.75, 3.05) is 18.5 Å². The van der Waals surface area contributed by atoms with Crippen LogP contribution in [-0.4, -0.2) is 24.1 Å². The van der Waals surface area contributed by atoms with Gasteiger partial charge >= 0.3 is 5.97 Å². The third kappa shape index (κ3) is 3.26. The van der Waals surface area contributed by atoms with E-state index >= 15 is 0 Å². The fourth-order valence-corrected chi connectivity index (χ4v) is 1.66. The predicted octanol–water partition coefficient (Wildman–Crippen LogP) is 1.76. The molecule has 1 aromatic rings. The molecule has 0 fully saturated rings. The van der Waals surface area contributed by atoms with Gasteiger partial charge < -0.3 is 10.1 Å². The topological polar surface area (TPSA) is 51.2 Å². The maximum atomic E-state index is 11.4. The number of aromatic nitrogens is 1. The van der Waals surface area contributed by atoms with E-state index in [9.17, 15) is 4.79 Å². The van der Waals surface area contributed by atoms with Crippen LogP contribution in [0, 0.1) is 12.3 Å². The molecule has 0 aliphatic heterocycles. The van der Waals surface area contributed by atoms with Crippen LogP contribution < -0.4 is 5.32 Å². The molecule has 1 heterocycles. The highest BCUT2D eigenvalue weighted by Gasteiger charge is 2.15. The molecule has 0 bridgehead atoms. The number of esters is 1. The van der Waals surface area contributed by atoms with Gasteiger partial charge in [0, 0.05) is 13.0 Å². The van der Waals surface area contributed by atoms with Crippen LogP contribution in [0.15, 0.2) is 5.51 Å². The molecule has 0 spiro atoms. The van der Waals surface area contributed by atoms with Crippen molar-refractivity contribution in [1.82, 2.24) is 4.98 Å². The van der Waals surface area contributed by atoms with Gasteiger partial charge in [-0.2, -0.15) is 0 Å². The predicted molar refractivity (Wildman–Crippen MR) is 60.0 cm³/mol. The first-order chi connectivity index (χ1) is 7.29. The third-order valence-corrected chi connectivity index (χ3v) is 2.38. The Hall–Kier alpha value is -1.54. The van der Waals surface area contributed by atoms with Crippen molar-refractivity contribution in [2.45, 2.75) is 13.3 Å². The first-order valence-corrected chi connectivity index (χ1v) is 5.45. The Bertz CT molecular complexity index is 368. The smallest absolute Gasteiger partial charge is 0.360 e. The lowest BCUT2D eigenvalue weighted by atomic mass is 10.4. The zero-order valence-electron chi connectivity index (χ0n) is 8.45. The van der Waals surface area contributed by atoms with Crippen molar-refractivity contribution in [1.29, 1.82) is 0 Å². The monoisotopic (exact) mass is 224 g/mol. The SMILES string of the molecule is C#CCCNc1scnc1C(=O)OCC. The number of carbonyl (C=O) groups is 1. The second-order valence-corrected chi connectivity index (χ2v) is 3.49. The van der Waals surface area contributed by atoms with Gasteiger partial charge in [0.2, 0.25) is 0 Å². The van der Waals surface area contributed by atoms with Crippen molar-refractivity contribution in [3.05, 3.63) is 11.2 Å². The summed E-state index contributed by atoms with van der Waals surface area (Å²) in [4.78, 5) is 15.3. The van der Waals surface area contributed by atoms with Gasteiger partial charge in [-0.3, -0.25) is 0 Å². The zero-order chi connectivity index (χ0) is 11.1. The second kappa shape index (κ2) is 6.04. The van der Waals surface area contributed by atoms with E-state index in [1.165, 1.54) is 11.3 Å². The summed E-state index contributed by atoms with van der Waals surface area (Å²) in [6, 6.07) is 0. The van der Waals surface area contributed by atoms with E-state index in [2.05, 4.69) is 16.2 Å². The van der Waals surface area contributed by atoms with E-state index < -0.39 is 5.97 Å². The summed E-state index contributed by atoms with van der Waals surface area (Å²) in [5.74, 6) is 2.11. The van der Waals surface area contributed by atoms with Crippen molar-refractivity contribution in [3.8, 4) is 12.3 Å². The van der Waals surface area contributed by atoms with E-state index in [1.807, 2.05) is 0 Å². The molecule has 0 aliphatic carbocycles. The first-order valence-electron chi connectivity index (χ1n) is 4.57. The molecule has 1 aromatic heterocycles. The van der Waals surface area contributed by atoms with Crippen LogP contribution in [0.25, 0.3) is 0 Å². The molecule has 5 heteroatoms. The number of thiazole rings is 1. The van der Waals surface area contributed by atoms with Crippen molar-refractivity contribution < 1.29 is 9.53 Å². The highest BCUT2D eigenvalue weighted by Crippen LogP contribution is 2.20. The quantitative estimate of drug-likeness (QED) is 0.470. The molecule has 0 saturated carbocycles. The Labute approximate surface area is 92.7 Å². The number of nitrogens with one attached hydrogen (secondary N) is 1. The van der Waals surface area contributed by atoms with Crippen LogP contribution in [0.2, 0.25) is 0 Å². The van der Waals surface area contributed by atoms with Gasteiger partial charge in [0.15, 0.2) is 5.69 Å². The van der Waals surface area contributed by atoms with Gasteiger partial charge in [0.25, 0.3) is 0 Å². The Morgan fingerprint density at radius 1 is 1.80 bits per heavy atom. The molecule has 1 N–H and O–H groups in total. The minimum absolute atomic E-state index is 0.332. The summed E-state index contributed by atoms with van der Waals surface area (Å²) in [7, 11) is 0. The zero-order valence-corrected chi connectivity index (χ0v) is 9.26. The molecular weight excluding hydrogens is 212 g/mol. The Morgan fingerprint density at radius 3 is 3.27 bits per heavy atom. The number of rotatable bonds is 5. The highest BCUT2D eigenvalue weighted by molar-refractivity contribution is 7.14. The second-order valence-electron chi connectivity index (χ2n) is 2.63. The highest BCUT2D eigenvalue weighted by atomic mass is 32.1. The minimum atomic E-state index is -0.401. The average molecular weight is 224 g/mol. The van der Waals surface area contributed by atoms with Crippen molar-refractivity contribution >= 4 is 22.3 Å². The number of hydrogen-bond acceptors (Lipinski definition) is 5. The summed E-state index contributed by atoms with van der Waals surface area (Å²) in [5, 5.41) is 3.76. The molecule has 0 saturated heterocycles. The van der Waals surface area contributed by atoms with Crippen LogP contribution in [0.4, 0.5) is 5.00 Å². The maximum absolute atomic E-state index is 11.4. The molecule has 15 heavy (non-hydrogen) atoms. The molecule has 80 valence electrons. The summed E-state index contributed by atoms with van der Waals surface area (Å²) in [6.07, 6.45) is 5.73. The third-order valence-electron chi connectivity index (χ3n) is 1.59. The normalized spacial score (nSPS) is 9.33. The van der Waals surface area contributed by atoms with E-state index in [-0.39, 0.29) is 0 Å². The summed E-state index contributed by atoms with van der Waals surface area (Å²) in [5.41, 5.74) is 1.93. The van der Waals surface area contributed by atoms with Crippen molar-refractivity contribution in [2.24, 2.45) is 0 Å². The molecule has 1 rings (SSSR count). The fraction of sp³-hybridized carbons (Fsp3) is 0.400. The first kappa shape index (κ1) is 11.5. The van der Waals surface area contributed by atoms with Crippen LogP contribution in [0.1, 0.15) is 23.8 Å². The molecule has 0 aliphatic rings. The summed E-state index contributed by atoms with van der Waals surface area (Å²) in [6.45, 7) is 2.74. The number of terminal acetylenes is 1. The molecule has 0 atom stereocenters. The van der Waals surface area contributed by atoms with Gasteiger partial charge in [-0.1, -0.05) is 0 Å². The van der Waals surface area contributed by atoms with Crippen LogP contribution in [-0.2, 0) is 4.74 Å². The molecule has 0 unspecified atom stereocenters. The molecule has 4 nitrogen and oxygen atoms in total. The largest absolute Gasteiger partial charge is 0.461 e. The molecule has 0 amide bonds. The van der Waals surface area contributed by atoms with Gasteiger partial charge in [0.1, 0.15) is 5.00 Å². The standard InChI is InChI=1S/C10H12N2O2S/c1-3-5-6-11-9-8(12-7-15-9)10(13)14-4-2/h1,7,11H,4-6H2,2H3. The van der Waals surface area contributed by atoms with Crippen LogP contribution >= 0.6 is 11.3 Å². The lowest BCUT2D eigenvalue weighted by molar-refractivity contribution is 0.0521. The van der Waals surface area contributed by atoms with Crippen molar-refractivity contribution in [3.63, 3.8) is 0 Å². The lowest BCUT2D eigenvalue weighted by Gasteiger charge is -2.03. The van der Waals surface area contributed by atoms with Gasteiger partial charge in [-0.15, -0.1) is 23.7 Å². The minimum Gasteiger partial charge on any atom is -0.461 e. The van der Waals surface area contributed by atoms with Crippen LogP contribution in [0.3, 0.4) is 0 Å². The number of hydrogen-bond donors (Lipinski definition) is 1. The van der Waals surface area contributed by atoms with E-state index in [0.29, 0.717) is 30.3 Å². The van der Waals surface area contributed by atoms with E-state index in [0.717, 1.165) is 0 Å². The Balaban J connectivity index is 2.61. The number of ether oxygens (including phenoxy) is 1. The molecule has 0 aromatic carbocycles. The Kier molecular flexibility index (Phi) is 4.64.